The van der Waals surface area contributed by atoms with E-state index in [1.54, 1.807) is 38.1 Å². The fraction of sp³-hybridized carbons (Fsp3) is 0.474. The van der Waals surface area contributed by atoms with Crippen molar-refractivity contribution >= 4 is 11.6 Å². The second kappa shape index (κ2) is 8.09. The van der Waals surface area contributed by atoms with Crippen LogP contribution in [-0.4, -0.2) is 52.1 Å². The molecule has 0 spiro atoms. The van der Waals surface area contributed by atoms with Gasteiger partial charge < -0.3 is 4.90 Å². The van der Waals surface area contributed by atoms with Gasteiger partial charge in [0, 0.05) is 37.6 Å². The minimum absolute atomic E-state index is 0.00319. The van der Waals surface area contributed by atoms with Crippen LogP contribution in [0.2, 0.25) is 0 Å². The lowest BCUT2D eigenvalue weighted by molar-refractivity contribution is -0.386. The highest BCUT2D eigenvalue weighted by atomic mass is 16.6. The van der Waals surface area contributed by atoms with Crippen molar-refractivity contribution in [2.45, 2.75) is 54.4 Å². The molecule has 0 N–H and O–H groups in total. The molecule has 11 heteroatoms. The first kappa shape index (κ1) is 21.2. The summed E-state index contributed by atoms with van der Waals surface area (Å²) in [5.74, 6) is -0.212. The van der Waals surface area contributed by atoms with E-state index in [4.69, 9.17) is 0 Å². The predicted molar refractivity (Wildman–Crippen MR) is 109 cm³/mol. The molecule has 3 aromatic rings. The van der Waals surface area contributed by atoms with Gasteiger partial charge in [-0.3, -0.25) is 24.3 Å². The lowest BCUT2D eigenvalue weighted by Gasteiger charge is -2.16. The zero-order valence-corrected chi connectivity index (χ0v) is 18.1. The molecule has 3 heterocycles. The fourth-order valence-corrected chi connectivity index (χ4v) is 3.56. The summed E-state index contributed by atoms with van der Waals surface area (Å²) in [5, 5.41) is 24.2. The Labute approximate surface area is 174 Å². The molecule has 0 aliphatic heterocycles. The first-order chi connectivity index (χ1) is 14.1. The Morgan fingerprint density at radius 2 is 1.77 bits per heavy atom. The van der Waals surface area contributed by atoms with Crippen molar-refractivity contribution in [3.8, 4) is 0 Å². The van der Waals surface area contributed by atoms with E-state index in [1.807, 2.05) is 25.5 Å². The van der Waals surface area contributed by atoms with Gasteiger partial charge >= 0.3 is 5.69 Å². The number of hydrogen-bond acceptors (Lipinski definition) is 6. The Hall–Kier alpha value is -3.50. The van der Waals surface area contributed by atoms with Gasteiger partial charge in [0.05, 0.1) is 10.6 Å². The zero-order valence-electron chi connectivity index (χ0n) is 18.1. The van der Waals surface area contributed by atoms with Crippen molar-refractivity contribution in [3.63, 3.8) is 0 Å². The molecule has 0 aromatic carbocycles. The van der Waals surface area contributed by atoms with Crippen LogP contribution in [0.15, 0.2) is 12.3 Å². The second-order valence-electron chi connectivity index (χ2n) is 7.28. The van der Waals surface area contributed by atoms with Gasteiger partial charge in [-0.15, -0.1) is 0 Å². The maximum atomic E-state index is 12.8. The van der Waals surface area contributed by atoms with E-state index in [1.165, 1.54) is 9.36 Å². The van der Waals surface area contributed by atoms with Gasteiger partial charge in [0.2, 0.25) is 0 Å². The number of rotatable bonds is 7. The third-order valence-electron chi connectivity index (χ3n) is 5.24. The second-order valence-corrected chi connectivity index (χ2v) is 7.28. The van der Waals surface area contributed by atoms with Crippen molar-refractivity contribution in [1.29, 1.82) is 0 Å². The molecular weight excluding hydrogens is 388 g/mol. The summed E-state index contributed by atoms with van der Waals surface area (Å²) in [5.41, 5.74) is 4.07. The van der Waals surface area contributed by atoms with Crippen LogP contribution in [0.4, 0.5) is 5.69 Å². The number of aryl methyl sites for hydroxylation is 3. The summed E-state index contributed by atoms with van der Waals surface area (Å²) in [6, 6.07) is 1.63. The maximum absolute atomic E-state index is 12.8. The average Bonchev–Trinajstić information content (AvgIpc) is 3.34. The standard InChI is InChI=1S/C19H26N8O3/c1-7-25-14(4)16(12(2)20-25)10-23(6)19(28)17-8-9-24(22-17)11-26-15(5)18(27(29)30)13(3)21-26/h8-9H,7,10-11H2,1-6H3. The zero-order chi connectivity index (χ0) is 22.2. The average molecular weight is 414 g/mol. The number of carbonyl (C=O) groups is 1. The van der Waals surface area contributed by atoms with Crippen LogP contribution < -0.4 is 0 Å². The summed E-state index contributed by atoms with van der Waals surface area (Å²) in [6.07, 6.45) is 1.66. The van der Waals surface area contributed by atoms with Crippen LogP contribution in [0.5, 0.6) is 0 Å². The minimum Gasteiger partial charge on any atom is -0.336 e. The van der Waals surface area contributed by atoms with Crippen LogP contribution in [0.25, 0.3) is 0 Å². The summed E-state index contributed by atoms with van der Waals surface area (Å²) < 4.78 is 4.96. The molecule has 11 nitrogen and oxygen atoms in total. The highest BCUT2D eigenvalue weighted by Gasteiger charge is 2.23. The molecule has 0 saturated carbocycles. The van der Waals surface area contributed by atoms with Crippen molar-refractivity contribution < 1.29 is 9.72 Å². The fourth-order valence-electron chi connectivity index (χ4n) is 3.56. The predicted octanol–water partition coefficient (Wildman–Crippen LogP) is 2.22. The third kappa shape index (κ3) is 3.82. The van der Waals surface area contributed by atoms with E-state index in [0.29, 0.717) is 23.6 Å². The quantitative estimate of drug-likeness (QED) is 0.432. The van der Waals surface area contributed by atoms with Gasteiger partial charge in [-0.05, 0) is 40.7 Å². The molecule has 3 aromatic heterocycles. The summed E-state index contributed by atoms with van der Waals surface area (Å²) >= 11 is 0. The molecule has 30 heavy (non-hydrogen) atoms. The lowest BCUT2D eigenvalue weighted by atomic mass is 10.2. The Kier molecular flexibility index (Phi) is 5.72. The van der Waals surface area contributed by atoms with Gasteiger partial charge in [0.25, 0.3) is 5.91 Å². The molecule has 0 unspecified atom stereocenters. The van der Waals surface area contributed by atoms with Gasteiger partial charge in [0.15, 0.2) is 0 Å². The van der Waals surface area contributed by atoms with Crippen molar-refractivity contribution in [2.75, 3.05) is 7.05 Å². The highest BCUT2D eigenvalue weighted by Crippen LogP contribution is 2.22. The van der Waals surface area contributed by atoms with Gasteiger partial charge in [-0.25, -0.2) is 4.68 Å². The molecule has 0 atom stereocenters. The first-order valence-electron chi connectivity index (χ1n) is 9.64. The molecule has 1 amide bonds. The number of nitrogens with zero attached hydrogens (tertiary/aromatic N) is 8. The molecule has 0 aliphatic rings. The van der Waals surface area contributed by atoms with Crippen LogP contribution in [0.1, 0.15) is 45.8 Å². The molecule has 0 aliphatic carbocycles. The molecule has 0 bridgehead atoms. The summed E-state index contributed by atoms with van der Waals surface area (Å²) in [7, 11) is 1.73. The monoisotopic (exact) mass is 414 g/mol. The number of hydrogen-bond donors (Lipinski definition) is 0. The topological polar surface area (TPSA) is 117 Å². The Morgan fingerprint density at radius 3 is 2.33 bits per heavy atom. The maximum Gasteiger partial charge on any atom is 0.312 e. The van der Waals surface area contributed by atoms with Crippen molar-refractivity contribution in [2.24, 2.45) is 0 Å². The number of aromatic nitrogens is 6. The molecule has 0 fully saturated rings. The number of carbonyl (C=O) groups excluding carboxylic acids is 1. The van der Waals surface area contributed by atoms with Crippen molar-refractivity contribution in [1.82, 2.24) is 34.2 Å². The highest BCUT2D eigenvalue weighted by molar-refractivity contribution is 5.92. The van der Waals surface area contributed by atoms with E-state index in [-0.39, 0.29) is 18.3 Å². The number of amides is 1. The summed E-state index contributed by atoms with van der Waals surface area (Å²) in [4.78, 5) is 25.2. The van der Waals surface area contributed by atoms with Gasteiger partial charge in [-0.1, -0.05) is 0 Å². The minimum atomic E-state index is -0.439. The van der Waals surface area contributed by atoms with E-state index >= 15 is 0 Å². The Bertz CT molecular complexity index is 1110. The van der Waals surface area contributed by atoms with E-state index in [9.17, 15) is 14.9 Å². The van der Waals surface area contributed by atoms with E-state index in [2.05, 4.69) is 15.3 Å². The van der Waals surface area contributed by atoms with Crippen LogP contribution in [0.3, 0.4) is 0 Å². The van der Waals surface area contributed by atoms with Crippen LogP contribution >= 0.6 is 0 Å². The van der Waals surface area contributed by atoms with Crippen LogP contribution in [0, 0.1) is 37.8 Å². The third-order valence-corrected chi connectivity index (χ3v) is 5.24. The summed E-state index contributed by atoms with van der Waals surface area (Å²) in [6.45, 7) is 10.6. The molecular formula is C19H26N8O3. The van der Waals surface area contributed by atoms with Gasteiger partial charge in [0.1, 0.15) is 23.8 Å². The van der Waals surface area contributed by atoms with Crippen molar-refractivity contribution in [3.05, 3.63) is 56.4 Å². The molecule has 0 saturated heterocycles. The smallest absolute Gasteiger partial charge is 0.312 e. The van der Waals surface area contributed by atoms with E-state index < -0.39 is 4.92 Å². The van der Waals surface area contributed by atoms with E-state index in [0.717, 1.165) is 23.5 Å². The van der Waals surface area contributed by atoms with Gasteiger partial charge in [-0.2, -0.15) is 15.3 Å². The molecule has 160 valence electrons. The Balaban J connectivity index is 1.74. The molecule has 0 radical (unpaired) electrons. The SMILES string of the molecule is CCn1nc(C)c(CN(C)C(=O)c2ccn(Cn3nc(C)c([N+](=O)[O-])c3C)n2)c1C. The lowest BCUT2D eigenvalue weighted by Crippen LogP contribution is -2.27. The largest absolute Gasteiger partial charge is 0.336 e. The first-order valence-corrected chi connectivity index (χ1v) is 9.64. The normalized spacial score (nSPS) is 11.1. The molecule has 3 rings (SSSR count). The Morgan fingerprint density at radius 1 is 1.10 bits per heavy atom. The number of nitro groups is 1. The van der Waals surface area contributed by atoms with Crippen LogP contribution in [-0.2, 0) is 19.8 Å².